The Labute approximate surface area is 104 Å². The van der Waals surface area contributed by atoms with Gasteiger partial charge >= 0.3 is 0 Å². The van der Waals surface area contributed by atoms with Gasteiger partial charge in [0.05, 0.1) is 0 Å². The zero-order valence-electron chi connectivity index (χ0n) is 9.89. The molecule has 2 heterocycles. The molecule has 5 nitrogen and oxygen atoms in total. The maximum atomic E-state index is 12.9. The Morgan fingerprint density at radius 1 is 1.44 bits per heavy atom. The topological polar surface area (TPSA) is 60.3 Å². The molecule has 6 heteroatoms. The second-order valence-electron chi connectivity index (χ2n) is 4.27. The van der Waals surface area contributed by atoms with Crippen LogP contribution in [0, 0.1) is 5.82 Å². The molecule has 0 aromatic carbocycles. The predicted molar refractivity (Wildman–Crippen MR) is 62.6 cm³/mol. The summed E-state index contributed by atoms with van der Waals surface area (Å²) in [5, 5.41) is 2.81. The smallest absolute Gasteiger partial charge is 0.251 e. The number of amides is 1. The summed E-state index contributed by atoms with van der Waals surface area (Å²) in [6, 6.07) is 2.27. The molecule has 0 radical (unpaired) electrons. The molecule has 1 aliphatic heterocycles. The summed E-state index contributed by atoms with van der Waals surface area (Å²) >= 11 is 0. The molecule has 0 unspecified atom stereocenters. The molecule has 0 saturated carbocycles. The highest BCUT2D eigenvalue weighted by Gasteiger charge is 2.16. The average molecular weight is 254 g/mol. The fourth-order valence-corrected chi connectivity index (χ4v) is 1.90. The summed E-state index contributed by atoms with van der Waals surface area (Å²) in [7, 11) is 0. The van der Waals surface area contributed by atoms with Crippen molar-refractivity contribution in [3.63, 3.8) is 0 Å². The third kappa shape index (κ3) is 3.40. The van der Waals surface area contributed by atoms with Crippen LogP contribution in [0.15, 0.2) is 23.1 Å². The summed E-state index contributed by atoms with van der Waals surface area (Å²) < 4.78 is 19.2. The molecule has 2 rings (SSSR count). The lowest BCUT2D eigenvalue weighted by atomic mass is 10.1. The van der Waals surface area contributed by atoms with Crippen LogP contribution in [0.4, 0.5) is 4.39 Å². The Morgan fingerprint density at radius 3 is 2.89 bits per heavy atom. The lowest BCUT2D eigenvalue weighted by Gasteiger charge is -2.23. The Balaban J connectivity index is 1.94. The van der Waals surface area contributed by atoms with E-state index in [-0.39, 0.29) is 18.5 Å². The molecule has 0 spiro atoms. The summed E-state index contributed by atoms with van der Waals surface area (Å²) in [6.07, 6.45) is 2.57. The van der Waals surface area contributed by atoms with Gasteiger partial charge in [0.15, 0.2) is 0 Å². The lowest BCUT2D eigenvalue weighted by Crippen LogP contribution is -2.41. The quantitative estimate of drug-likeness (QED) is 0.843. The van der Waals surface area contributed by atoms with Gasteiger partial charge in [-0.05, 0) is 18.9 Å². The first-order valence-electron chi connectivity index (χ1n) is 5.88. The van der Waals surface area contributed by atoms with E-state index in [1.165, 1.54) is 0 Å². The van der Waals surface area contributed by atoms with Gasteiger partial charge in [-0.1, -0.05) is 0 Å². The van der Waals surface area contributed by atoms with Crippen LogP contribution in [0.2, 0.25) is 0 Å². The summed E-state index contributed by atoms with van der Waals surface area (Å²) in [4.78, 5) is 23.1. The van der Waals surface area contributed by atoms with E-state index in [2.05, 4.69) is 5.32 Å². The molecule has 18 heavy (non-hydrogen) atoms. The average Bonchev–Trinajstić information content (AvgIpc) is 2.35. The molecule has 1 saturated heterocycles. The first kappa shape index (κ1) is 12.8. The standard InChI is InChI=1S/C12H15FN2O3/c13-9-1-2-12(17)15(7-9)8-11(16)14-10-3-5-18-6-4-10/h1-2,7,10H,3-6,8H2,(H,14,16). The van der Waals surface area contributed by atoms with Crippen molar-refractivity contribution in [2.75, 3.05) is 13.2 Å². The van der Waals surface area contributed by atoms with Crippen molar-refractivity contribution in [2.24, 2.45) is 0 Å². The van der Waals surface area contributed by atoms with Crippen molar-refractivity contribution in [1.82, 2.24) is 9.88 Å². The fourth-order valence-electron chi connectivity index (χ4n) is 1.90. The Morgan fingerprint density at radius 2 is 2.17 bits per heavy atom. The van der Waals surface area contributed by atoms with Crippen molar-refractivity contribution in [3.05, 3.63) is 34.5 Å². The van der Waals surface area contributed by atoms with Crippen molar-refractivity contribution in [3.8, 4) is 0 Å². The zero-order valence-corrected chi connectivity index (χ0v) is 9.89. The number of halogens is 1. The van der Waals surface area contributed by atoms with E-state index < -0.39 is 11.4 Å². The second kappa shape index (κ2) is 5.77. The van der Waals surface area contributed by atoms with E-state index in [1.54, 1.807) is 0 Å². The van der Waals surface area contributed by atoms with Gasteiger partial charge in [0.2, 0.25) is 5.91 Å². The Kier molecular flexibility index (Phi) is 4.09. The molecule has 0 bridgehead atoms. The number of hydrogen-bond donors (Lipinski definition) is 1. The van der Waals surface area contributed by atoms with Crippen molar-refractivity contribution < 1.29 is 13.9 Å². The van der Waals surface area contributed by atoms with Gasteiger partial charge in [0.25, 0.3) is 5.56 Å². The van der Waals surface area contributed by atoms with Gasteiger partial charge in [-0.2, -0.15) is 0 Å². The third-order valence-corrected chi connectivity index (χ3v) is 2.85. The number of carbonyl (C=O) groups is 1. The maximum Gasteiger partial charge on any atom is 0.251 e. The number of pyridine rings is 1. The highest BCUT2D eigenvalue weighted by molar-refractivity contribution is 5.76. The van der Waals surface area contributed by atoms with Gasteiger partial charge in [0.1, 0.15) is 12.4 Å². The molecular formula is C12H15FN2O3. The molecule has 1 amide bonds. The fraction of sp³-hybridized carbons (Fsp3) is 0.500. The monoisotopic (exact) mass is 254 g/mol. The van der Waals surface area contributed by atoms with Crippen LogP contribution in [0.1, 0.15) is 12.8 Å². The van der Waals surface area contributed by atoms with Crippen LogP contribution < -0.4 is 10.9 Å². The predicted octanol–water partition coefficient (Wildman–Crippen LogP) is 0.283. The first-order chi connectivity index (χ1) is 8.65. The normalized spacial score (nSPS) is 16.5. The number of hydrogen-bond acceptors (Lipinski definition) is 3. The number of nitrogens with one attached hydrogen (secondary N) is 1. The first-order valence-corrected chi connectivity index (χ1v) is 5.88. The SMILES string of the molecule is O=C(Cn1cc(F)ccc1=O)NC1CCOCC1. The van der Waals surface area contributed by atoms with Gasteiger partial charge in [-0.15, -0.1) is 0 Å². The van der Waals surface area contributed by atoms with Gasteiger partial charge < -0.3 is 14.6 Å². The molecule has 1 fully saturated rings. The molecule has 1 aromatic rings. The molecule has 98 valence electrons. The summed E-state index contributed by atoms with van der Waals surface area (Å²) in [5.74, 6) is -0.817. The van der Waals surface area contributed by atoms with E-state index in [9.17, 15) is 14.0 Å². The van der Waals surface area contributed by atoms with Crippen LogP contribution in [0.5, 0.6) is 0 Å². The minimum atomic E-state index is -0.534. The summed E-state index contributed by atoms with van der Waals surface area (Å²) in [6.45, 7) is 1.10. The van der Waals surface area contributed by atoms with E-state index in [0.29, 0.717) is 13.2 Å². The minimum absolute atomic E-state index is 0.0792. The number of nitrogens with zero attached hydrogens (tertiary/aromatic N) is 1. The molecule has 1 aliphatic rings. The van der Waals surface area contributed by atoms with Crippen LogP contribution in [0.3, 0.4) is 0 Å². The third-order valence-electron chi connectivity index (χ3n) is 2.85. The Hall–Kier alpha value is -1.69. The van der Waals surface area contributed by atoms with Gasteiger partial charge in [0, 0.05) is 31.5 Å². The minimum Gasteiger partial charge on any atom is -0.381 e. The molecule has 0 aliphatic carbocycles. The Bertz CT molecular complexity index is 480. The number of rotatable bonds is 3. The van der Waals surface area contributed by atoms with Crippen LogP contribution in [-0.2, 0) is 16.1 Å². The maximum absolute atomic E-state index is 12.9. The van der Waals surface area contributed by atoms with Crippen molar-refractivity contribution in [1.29, 1.82) is 0 Å². The molecule has 1 aromatic heterocycles. The van der Waals surface area contributed by atoms with Crippen molar-refractivity contribution in [2.45, 2.75) is 25.4 Å². The lowest BCUT2D eigenvalue weighted by molar-refractivity contribution is -0.123. The van der Waals surface area contributed by atoms with E-state index in [0.717, 1.165) is 35.7 Å². The van der Waals surface area contributed by atoms with E-state index in [4.69, 9.17) is 4.74 Å². The molecule has 1 N–H and O–H groups in total. The molecular weight excluding hydrogens is 239 g/mol. The molecule has 0 atom stereocenters. The van der Waals surface area contributed by atoms with E-state index >= 15 is 0 Å². The highest BCUT2D eigenvalue weighted by atomic mass is 19.1. The second-order valence-corrected chi connectivity index (χ2v) is 4.27. The van der Waals surface area contributed by atoms with Crippen molar-refractivity contribution >= 4 is 5.91 Å². The number of aromatic nitrogens is 1. The van der Waals surface area contributed by atoms with Crippen LogP contribution >= 0.6 is 0 Å². The highest BCUT2D eigenvalue weighted by Crippen LogP contribution is 2.05. The van der Waals surface area contributed by atoms with E-state index in [1.807, 2.05) is 0 Å². The zero-order chi connectivity index (χ0) is 13.0. The van der Waals surface area contributed by atoms with Gasteiger partial charge in [-0.25, -0.2) is 4.39 Å². The van der Waals surface area contributed by atoms with Crippen LogP contribution in [-0.4, -0.2) is 29.7 Å². The number of ether oxygens (including phenoxy) is 1. The van der Waals surface area contributed by atoms with Crippen LogP contribution in [0.25, 0.3) is 0 Å². The largest absolute Gasteiger partial charge is 0.381 e. The summed E-state index contributed by atoms with van der Waals surface area (Å²) in [5.41, 5.74) is -0.390. The number of carbonyl (C=O) groups excluding carboxylic acids is 1. The van der Waals surface area contributed by atoms with Gasteiger partial charge in [-0.3, -0.25) is 9.59 Å².